The number of phosphoric ester groups is 1. The Balaban J connectivity index is 4.13. The molecule has 0 radical (unpaired) electrons. The Morgan fingerprint density at radius 1 is 0.492 bits per heavy atom. The van der Waals surface area contributed by atoms with E-state index in [0.29, 0.717) is 19.4 Å². The Kier molecular flexibility index (Phi) is 45.8. The van der Waals surface area contributed by atoms with Crippen molar-refractivity contribution in [1.82, 2.24) is 4.90 Å². The predicted octanol–water partition coefficient (Wildman–Crippen LogP) is 15.6. The number of carbonyl (C=O) groups is 2. The summed E-state index contributed by atoms with van der Waals surface area (Å²) in [4.78, 5) is 37.2. The van der Waals surface area contributed by atoms with Gasteiger partial charge in [-0.05, 0) is 52.6 Å². The molecule has 0 heterocycles. The summed E-state index contributed by atoms with van der Waals surface area (Å²) >= 11 is 0. The molecule has 0 aromatic rings. The fourth-order valence-electron chi connectivity index (χ4n) is 7.57. The Hall–Kier alpha value is -1.25. The van der Waals surface area contributed by atoms with E-state index in [1.165, 1.54) is 180 Å². The number of nitrogens with zero attached hydrogens (tertiary/aromatic N) is 1. The first-order valence-electron chi connectivity index (χ1n) is 26.0. The Labute approximate surface area is 377 Å². The summed E-state index contributed by atoms with van der Waals surface area (Å²) in [7, 11) is -0.703. The van der Waals surface area contributed by atoms with E-state index in [4.69, 9.17) is 18.5 Å². The Morgan fingerprint density at radius 3 is 1.21 bits per heavy atom. The van der Waals surface area contributed by atoms with Crippen LogP contribution >= 0.6 is 7.82 Å². The number of hydrogen-bond acceptors (Lipinski definition) is 8. The largest absolute Gasteiger partial charge is 0.472 e. The molecule has 0 aliphatic rings. The minimum atomic E-state index is -4.36. The first-order valence-corrected chi connectivity index (χ1v) is 27.5. The topological polar surface area (TPSA) is 112 Å². The fraction of sp³-hybridized carbons (Fsp3) is 0.922. The highest BCUT2D eigenvalue weighted by molar-refractivity contribution is 7.47. The van der Waals surface area contributed by atoms with E-state index in [9.17, 15) is 19.0 Å². The van der Waals surface area contributed by atoms with Crippen molar-refractivity contribution in [1.29, 1.82) is 0 Å². The highest BCUT2D eigenvalue weighted by Crippen LogP contribution is 2.43. The van der Waals surface area contributed by atoms with Gasteiger partial charge in [0.2, 0.25) is 0 Å². The van der Waals surface area contributed by atoms with Crippen molar-refractivity contribution in [3.63, 3.8) is 0 Å². The molecule has 0 aromatic carbocycles. The van der Waals surface area contributed by atoms with Crippen LogP contribution in [-0.4, -0.2) is 68.3 Å². The molecule has 0 aliphatic carbocycles. The number of ether oxygens (including phenoxy) is 2. The second-order valence-corrected chi connectivity index (χ2v) is 19.5. The minimum absolute atomic E-state index is 0.0100. The molecule has 0 aliphatic heterocycles. The zero-order valence-corrected chi connectivity index (χ0v) is 41.5. The van der Waals surface area contributed by atoms with Gasteiger partial charge in [-0.2, -0.15) is 0 Å². The zero-order valence-electron chi connectivity index (χ0n) is 40.6. The molecule has 0 saturated heterocycles. The van der Waals surface area contributed by atoms with Crippen molar-refractivity contribution in [2.75, 3.05) is 40.5 Å². The molecule has 0 bridgehead atoms. The number of esters is 2. The summed E-state index contributed by atoms with van der Waals surface area (Å²) < 4.78 is 33.6. The lowest BCUT2D eigenvalue weighted by molar-refractivity contribution is -0.161. The molecule has 0 amide bonds. The Bertz CT molecular complexity index is 1020. The molecule has 0 fully saturated rings. The second kappa shape index (κ2) is 46.7. The lowest BCUT2D eigenvalue weighted by atomic mass is 10.0. The normalized spacial score (nSPS) is 13.3. The minimum Gasteiger partial charge on any atom is -0.462 e. The Morgan fingerprint density at radius 2 is 0.836 bits per heavy atom. The molecule has 0 spiro atoms. The van der Waals surface area contributed by atoms with Gasteiger partial charge >= 0.3 is 19.8 Å². The highest BCUT2D eigenvalue weighted by Gasteiger charge is 2.26. The van der Waals surface area contributed by atoms with Crippen LogP contribution in [0.25, 0.3) is 0 Å². The average molecular weight is 886 g/mol. The molecule has 9 nitrogen and oxygen atoms in total. The molecule has 0 saturated carbocycles. The van der Waals surface area contributed by atoms with E-state index in [2.05, 4.69) is 26.0 Å². The van der Waals surface area contributed by atoms with E-state index in [0.717, 1.165) is 44.9 Å². The van der Waals surface area contributed by atoms with Crippen molar-refractivity contribution in [3.8, 4) is 0 Å². The van der Waals surface area contributed by atoms with Gasteiger partial charge in [-0.15, -0.1) is 0 Å². The molecule has 362 valence electrons. The van der Waals surface area contributed by atoms with Crippen LogP contribution in [0.2, 0.25) is 0 Å². The number of allylic oxidation sites excluding steroid dienone is 2. The van der Waals surface area contributed by atoms with E-state index >= 15 is 0 Å². The van der Waals surface area contributed by atoms with Crippen molar-refractivity contribution in [2.24, 2.45) is 0 Å². The number of rotatable bonds is 49. The van der Waals surface area contributed by atoms with Gasteiger partial charge in [0.05, 0.1) is 13.2 Å². The van der Waals surface area contributed by atoms with Crippen molar-refractivity contribution in [3.05, 3.63) is 12.2 Å². The summed E-state index contributed by atoms with van der Waals surface area (Å²) in [5, 5.41) is 0. The van der Waals surface area contributed by atoms with Crippen LogP contribution in [-0.2, 0) is 32.7 Å². The lowest BCUT2D eigenvalue weighted by Crippen LogP contribution is -2.29. The molecular formula is C51H100NO8P. The number of unbranched alkanes of at least 4 members (excludes halogenated alkanes) is 33. The number of carbonyl (C=O) groups excluding carboxylic acids is 2. The zero-order chi connectivity index (χ0) is 44.8. The molecule has 0 rings (SSSR count). The summed E-state index contributed by atoms with van der Waals surface area (Å²) in [6.07, 6.45) is 49.8. The van der Waals surface area contributed by atoms with E-state index in [1.807, 2.05) is 19.0 Å². The van der Waals surface area contributed by atoms with Gasteiger partial charge in [0.1, 0.15) is 6.61 Å². The van der Waals surface area contributed by atoms with Crippen LogP contribution in [0, 0.1) is 0 Å². The summed E-state index contributed by atoms with van der Waals surface area (Å²) in [6, 6.07) is 0. The molecule has 2 unspecified atom stereocenters. The molecular weight excluding hydrogens is 786 g/mol. The van der Waals surface area contributed by atoms with Crippen LogP contribution in [0.4, 0.5) is 0 Å². The van der Waals surface area contributed by atoms with Gasteiger partial charge in [0.25, 0.3) is 0 Å². The van der Waals surface area contributed by atoms with Crippen molar-refractivity contribution in [2.45, 2.75) is 264 Å². The highest BCUT2D eigenvalue weighted by atomic mass is 31.2. The van der Waals surface area contributed by atoms with Gasteiger partial charge in [-0.1, -0.05) is 219 Å². The van der Waals surface area contributed by atoms with E-state index in [-0.39, 0.29) is 25.6 Å². The van der Waals surface area contributed by atoms with Gasteiger partial charge in [0, 0.05) is 19.4 Å². The number of hydrogen-bond donors (Lipinski definition) is 1. The van der Waals surface area contributed by atoms with Crippen molar-refractivity contribution >= 4 is 19.8 Å². The first-order chi connectivity index (χ1) is 29.7. The number of phosphoric acid groups is 1. The maximum absolute atomic E-state index is 12.7. The quantitative estimate of drug-likeness (QED) is 0.0276. The van der Waals surface area contributed by atoms with Crippen LogP contribution < -0.4 is 0 Å². The van der Waals surface area contributed by atoms with Crippen LogP contribution in [0.3, 0.4) is 0 Å². The number of likely N-dealkylation sites (N-methyl/N-ethyl adjacent to an activating group) is 1. The smallest absolute Gasteiger partial charge is 0.462 e. The SMILES string of the molecule is CCCCCCCC/C=C\CCCCCCCCCC(=O)OC(COC(=O)CCCCCCCCCCCCCCCCCCCCCCC)COP(=O)(O)OCCN(C)C. The van der Waals surface area contributed by atoms with Gasteiger partial charge in [0.15, 0.2) is 6.10 Å². The molecule has 1 N–H and O–H groups in total. The van der Waals surface area contributed by atoms with Crippen LogP contribution in [0.15, 0.2) is 12.2 Å². The summed E-state index contributed by atoms with van der Waals surface area (Å²) in [5.41, 5.74) is 0. The predicted molar refractivity (Wildman–Crippen MR) is 257 cm³/mol. The van der Waals surface area contributed by atoms with Gasteiger partial charge in [-0.3, -0.25) is 18.6 Å². The summed E-state index contributed by atoms with van der Waals surface area (Å²) in [6.45, 7) is 4.37. The molecule has 0 aromatic heterocycles. The third kappa shape index (κ3) is 48.1. The van der Waals surface area contributed by atoms with Crippen LogP contribution in [0.1, 0.15) is 258 Å². The average Bonchev–Trinajstić information content (AvgIpc) is 3.23. The third-order valence-corrected chi connectivity index (χ3v) is 12.6. The standard InChI is InChI=1S/C51H100NO8P/c1-5-7-9-11-13-15-17-19-21-23-24-25-26-28-29-31-33-35-37-39-41-43-50(53)57-47-49(48-59-61(55,56)58-46-45-52(3)4)60-51(54)44-42-40-38-36-34-32-30-27-22-20-18-16-14-12-10-8-6-2/h20,22,49H,5-19,21,23-48H2,1-4H3,(H,55,56)/b22-20-. The second-order valence-electron chi connectivity index (χ2n) is 18.1. The van der Waals surface area contributed by atoms with E-state index < -0.39 is 26.5 Å². The van der Waals surface area contributed by atoms with Gasteiger partial charge in [-0.25, -0.2) is 4.57 Å². The monoisotopic (exact) mass is 886 g/mol. The molecule has 61 heavy (non-hydrogen) atoms. The lowest BCUT2D eigenvalue weighted by Gasteiger charge is -2.20. The third-order valence-electron chi connectivity index (χ3n) is 11.6. The van der Waals surface area contributed by atoms with Crippen LogP contribution in [0.5, 0.6) is 0 Å². The van der Waals surface area contributed by atoms with E-state index in [1.54, 1.807) is 0 Å². The van der Waals surface area contributed by atoms with Crippen molar-refractivity contribution < 1.29 is 37.6 Å². The van der Waals surface area contributed by atoms with Gasteiger partial charge < -0.3 is 19.3 Å². The maximum atomic E-state index is 12.7. The first kappa shape index (κ1) is 59.8. The maximum Gasteiger partial charge on any atom is 0.472 e. The summed E-state index contributed by atoms with van der Waals surface area (Å²) in [5.74, 6) is -0.791. The fourth-order valence-corrected chi connectivity index (χ4v) is 8.31. The molecule has 10 heteroatoms. The molecule has 2 atom stereocenters.